The van der Waals surface area contributed by atoms with Gasteiger partial charge in [-0.15, -0.1) is 0 Å². The second kappa shape index (κ2) is 8.23. The number of carbonyl (C=O) groups excluding carboxylic acids is 2. The second-order valence-electron chi connectivity index (χ2n) is 6.62. The monoisotopic (exact) mass is 467 g/mol. The second-order valence-corrected chi connectivity index (χ2v) is 7.78. The zero-order valence-corrected chi connectivity index (χ0v) is 17.1. The highest BCUT2D eigenvalue weighted by molar-refractivity contribution is 7.10. The van der Waals surface area contributed by atoms with E-state index < -0.39 is 29.6 Å². The summed E-state index contributed by atoms with van der Waals surface area (Å²) in [7, 11) is 0. The third kappa shape index (κ3) is 4.37. The number of nitrogens with zero attached hydrogens (tertiary/aromatic N) is 4. The molecule has 0 aliphatic carbocycles. The molecule has 4 rings (SSSR count). The van der Waals surface area contributed by atoms with E-state index in [0.29, 0.717) is 18.1 Å². The molecule has 0 spiro atoms. The summed E-state index contributed by atoms with van der Waals surface area (Å²) >= 11 is 6.95. The highest BCUT2D eigenvalue weighted by Crippen LogP contribution is 2.36. The van der Waals surface area contributed by atoms with Gasteiger partial charge < -0.3 is 0 Å². The lowest BCUT2D eigenvalue weighted by Gasteiger charge is -2.24. The van der Waals surface area contributed by atoms with Crippen LogP contribution < -0.4 is 10.2 Å². The van der Waals surface area contributed by atoms with E-state index in [-0.39, 0.29) is 28.8 Å². The number of pyridine rings is 1. The Balaban J connectivity index is 1.55. The Morgan fingerprint density at radius 2 is 2.00 bits per heavy atom. The molecule has 3 heterocycles. The fraction of sp³-hybridized carbons (Fsp3) is 0.211. The quantitative estimate of drug-likeness (QED) is 0.614. The normalized spacial score (nSPS) is 16.6. The van der Waals surface area contributed by atoms with Crippen LogP contribution in [-0.2, 0) is 15.8 Å². The van der Waals surface area contributed by atoms with Crippen molar-refractivity contribution in [1.82, 2.24) is 14.3 Å². The van der Waals surface area contributed by atoms with Crippen LogP contribution >= 0.6 is 23.1 Å². The fourth-order valence-electron chi connectivity index (χ4n) is 3.13. The minimum Gasteiger partial charge on any atom is -0.299 e. The number of nitrogens with one attached hydrogen (secondary N) is 1. The summed E-state index contributed by atoms with van der Waals surface area (Å²) < 4.78 is 42.8. The van der Waals surface area contributed by atoms with Crippen LogP contribution in [0.25, 0.3) is 11.4 Å². The smallest absolute Gasteiger partial charge is 0.299 e. The van der Waals surface area contributed by atoms with E-state index in [1.807, 2.05) is 30.3 Å². The number of halogens is 4. The van der Waals surface area contributed by atoms with Crippen LogP contribution in [0.2, 0.25) is 5.02 Å². The molecule has 0 radical (unpaired) electrons. The number of rotatable bonds is 4. The van der Waals surface area contributed by atoms with Crippen LogP contribution in [0.3, 0.4) is 0 Å². The first-order valence-electron chi connectivity index (χ1n) is 8.99. The Labute approximate surface area is 183 Å². The molecule has 1 fully saturated rings. The fourth-order valence-corrected chi connectivity index (χ4v) is 3.98. The summed E-state index contributed by atoms with van der Waals surface area (Å²) in [5.74, 6) is -0.775. The number of amides is 2. The summed E-state index contributed by atoms with van der Waals surface area (Å²) in [5.41, 5.74) is -0.270. The van der Waals surface area contributed by atoms with Gasteiger partial charge in [-0.2, -0.15) is 22.5 Å². The maximum absolute atomic E-state index is 12.9. The number of anilines is 2. The van der Waals surface area contributed by atoms with Crippen molar-refractivity contribution < 1.29 is 22.8 Å². The van der Waals surface area contributed by atoms with Crippen LogP contribution in [0.1, 0.15) is 18.4 Å². The number of hydrogen-bond donors (Lipinski definition) is 1. The van der Waals surface area contributed by atoms with Crippen LogP contribution in [0.4, 0.5) is 24.1 Å². The van der Waals surface area contributed by atoms with E-state index in [2.05, 4.69) is 19.7 Å². The maximum atomic E-state index is 12.9. The van der Waals surface area contributed by atoms with Crippen LogP contribution in [0.5, 0.6) is 0 Å². The molecular formula is C19H13ClF3N5O2S. The Morgan fingerprint density at radius 3 is 2.68 bits per heavy atom. The number of benzene rings is 1. The molecule has 0 saturated carbocycles. The standard InChI is InChI=1S/C19H13ClF3N5O2S/c20-12-8-11(19(21,22)23)9-24-16(12)28-13(6-7-14(28)29)17(30)26-18-25-15(27-31-18)10-4-2-1-3-5-10/h1-5,8-9,13H,6-7H2,(H,25,26,27,30)/t13-/m0/s1. The van der Waals surface area contributed by atoms with Gasteiger partial charge in [0, 0.05) is 29.7 Å². The molecule has 1 aromatic carbocycles. The molecule has 160 valence electrons. The summed E-state index contributed by atoms with van der Waals surface area (Å²) in [5, 5.41) is 2.47. The van der Waals surface area contributed by atoms with Crippen molar-refractivity contribution in [3.05, 3.63) is 53.2 Å². The molecule has 1 saturated heterocycles. The number of hydrogen-bond acceptors (Lipinski definition) is 6. The largest absolute Gasteiger partial charge is 0.417 e. The average molecular weight is 468 g/mol. The van der Waals surface area contributed by atoms with Crippen molar-refractivity contribution >= 4 is 45.9 Å². The van der Waals surface area contributed by atoms with Crippen molar-refractivity contribution in [2.24, 2.45) is 0 Å². The third-order valence-electron chi connectivity index (χ3n) is 4.58. The van der Waals surface area contributed by atoms with Gasteiger partial charge in [0.25, 0.3) is 0 Å². The first-order valence-corrected chi connectivity index (χ1v) is 10.1. The van der Waals surface area contributed by atoms with E-state index in [0.717, 1.165) is 22.0 Å². The van der Waals surface area contributed by atoms with Crippen LogP contribution in [0, 0.1) is 0 Å². The number of carbonyl (C=O) groups is 2. The van der Waals surface area contributed by atoms with Crippen molar-refractivity contribution in [3.8, 4) is 11.4 Å². The summed E-state index contributed by atoms with van der Waals surface area (Å²) in [4.78, 5) is 34.2. The molecule has 31 heavy (non-hydrogen) atoms. The SMILES string of the molecule is O=C(Nc1nc(-c2ccccc2)ns1)[C@@H]1CCC(=O)N1c1ncc(C(F)(F)F)cc1Cl. The molecule has 0 unspecified atom stereocenters. The van der Waals surface area contributed by atoms with E-state index in [9.17, 15) is 22.8 Å². The average Bonchev–Trinajstić information content (AvgIpc) is 3.35. The number of alkyl halides is 3. The molecule has 1 aliphatic heterocycles. The molecule has 0 bridgehead atoms. The molecule has 2 aromatic heterocycles. The molecule has 1 aliphatic rings. The Hall–Kier alpha value is -3.05. The zero-order valence-electron chi connectivity index (χ0n) is 15.6. The summed E-state index contributed by atoms with van der Waals surface area (Å²) in [6.45, 7) is 0. The van der Waals surface area contributed by atoms with Crippen LogP contribution in [0.15, 0.2) is 42.6 Å². The Bertz CT molecular complexity index is 1140. The van der Waals surface area contributed by atoms with Gasteiger partial charge in [0.1, 0.15) is 6.04 Å². The van der Waals surface area contributed by atoms with Crippen molar-refractivity contribution in [1.29, 1.82) is 0 Å². The maximum Gasteiger partial charge on any atom is 0.417 e. The molecule has 3 aromatic rings. The summed E-state index contributed by atoms with van der Waals surface area (Å²) in [6, 6.07) is 8.85. The Morgan fingerprint density at radius 1 is 1.26 bits per heavy atom. The van der Waals surface area contributed by atoms with Crippen molar-refractivity contribution in [2.75, 3.05) is 10.2 Å². The number of aromatic nitrogens is 3. The predicted molar refractivity (Wildman–Crippen MR) is 109 cm³/mol. The van der Waals surface area contributed by atoms with Gasteiger partial charge in [-0.05, 0) is 12.5 Å². The lowest BCUT2D eigenvalue weighted by molar-refractivity contribution is -0.137. The van der Waals surface area contributed by atoms with E-state index in [1.54, 1.807) is 0 Å². The van der Waals surface area contributed by atoms with Gasteiger partial charge in [0.15, 0.2) is 11.6 Å². The van der Waals surface area contributed by atoms with E-state index in [4.69, 9.17) is 11.6 Å². The molecule has 1 atom stereocenters. The van der Waals surface area contributed by atoms with Gasteiger partial charge in [-0.25, -0.2) is 4.98 Å². The predicted octanol–water partition coefficient (Wildman–Crippen LogP) is 4.41. The Kier molecular flexibility index (Phi) is 5.63. The van der Waals surface area contributed by atoms with Gasteiger partial charge >= 0.3 is 6.18 Å². The van der Waals surface area contributed by atoms with E-state index in [1.165, 1.54) is 0 Å². The topological polar surface area (TPSA) is 88.1 Å². The molecule has 2 amide bonds. The van der Waals surface area contributed by atoms with Gasteiger partial charge in [0.05, 0.1) is 10.6 Å². The minimum absolute atomic E-state index is 0.0303. The van der Waals surface area contributed by atoms with Gasteiger partial charge in [0.2, 0.25) is 16.9 Å². The molecule has 1 N–H and O–H groups in total. The molecular weight excluding hydrogens is 455 g/mol. The molecule has 12 heteroatoms. The lowest BCUT2D eigenvalue weighted by atomic mass is 10.2. The first-order chi connectivity index (χ1) is 14.7. The summed E-state index contributed by atoms with van der Waals surface area (Å²) in [6.07, 6.45) is -3.86. The third-order valence-corrected chi connectivity index (χ3v) is 5.49. The minimum atomic E-state index is -4.63. The van der Waals surface area contributed by atoms with Crippen molar-refractivity contribution in [3.63, 3.8) is 0 Å². The lowest BCUT2D eigenvalue weighted by Crippen LogP contribution is -2.42. The molecule has 7 nitrogen and oxygen atoms in total. The first kappa shape index (κ1) is 21.2. The zero-order chi connectivity index (χ0) is 22.2. The highest BCUT2D eigenvalue weighted by atomic mass is 35.5. The van der Waals surface area contributed by atoms with Gasteiger partial charge in [-0.1, -0.05) is 41.9 Å². The van der Waals surface area contributed by atoms with Crippen LogP contribution in [-0.4, -0.2) is 32.2 Å². The highest BCUT2D eigenvalue weighted by Gasteiger charge is 2.40. The van der Waals surface area contributed by atoms with Gasteiger partial charge in [-0.3, -0.25) is 19.8 Å². The van der Waals surface area contributed by atoms with E-state index >= 15 is 0 Å². The van der Waals surface area contributed by atoms with Crippen molar-refractivity contribution in [2.45, 2.75) is 25.1 Å².